The topological polar surface area (TPSA) is 47.6 Å². The SMILES string of the molecule is C[C@@H](CC1CCC(O[Si](C)(C)C(C)(C)C)CC1)NC(=O)OC(C)(C)C. The van der Waals surface area contributed by atoms with Crippen molar-refractivity contribution in [3.05, 3.63) is 0 Å². The van der Waals surface area contributed by atoms with Gasteiger partial charge in [-0.3, -0.25) is 0 Å². The van der Waals surface area contributed by atoms with E-state index in [0.717, 1.165) is 19.3 Å². The molecule has 0 heterocycles. The number of hydrogen-bond donors (Lipinski definition) is 1. The minimum atomic E-state index is -1.66. The molecule has 1 aliphatic rings. The summed E-state index contributed by atoms with van der Waals surface area (Å²) in [5.74, 6) is 0.671. The number of carbonyl (C=O) groups is 1. The Labute approximate surface area is 156 Å². The van der Waals surface area contributed by atoms with Crippen LogP contribution in [-0.2, 0) is 9.16 Å². The van der Waals surface area contributed by atoms with Crippen LogP contribution in [-0.4, -0.2) is 32.2 Å². The van der Waals surface area contributed by atoms with Crippen molar-refractivity contribution in [1.29, 1.82) is 0 Å². The van der Waals surface area contributed by atoms with E-state index in [0.29, 0.717) is 12.0 Å². The van der Waals surface area contributed by atoms with Gasteiger partial charge >= 0.3 is 6.09 Å². The van der Waals surface area contributed by atoms with Crippen LogP contribution in [0, 0.1) is 5.92 Å². The summed E-state index contributed by atoms with van der Waals surface area (Å²) < 4.78 is 11.9. The van der Waals surface area contributed by atoms with Crippen molar-refractivity contribution in [2.45, 2.75) is 116 Å². The standard InChI is InChI=1S/C20H41NO3Si/c1-15(21-18(22)23-19(2,3)4)14-16-10-12-17(13-11-16)24-25(8,9)20(5,6)7/h15-17H,10-14H2,1-9H3,(H,21,22)/t15-,16?,17?/m0/s1. The molecule has 0 aromatic carbocycles. The van der Waals surface area contributed by atoms with Crippen molar-refractivity contribution in [1.82, 2.24) is 5.32 Å². The van der Waals surface area contributed by atoms with Gasteiger partial charge in [-0.15, -0.1) is 0 Å². The van der Waals surface area contributed by atoms with Gasteiger partial charge in [-0.25, -0.2) is 4.79 Å². The smallest absolute Gasteiger partial charge is 0.407 e. The summed E-state index contributed by atoms with van der Waals surface area (Å²) in [7, 11) is -1.66. The van der Waals surface area contributed by atoms with Crippen LogP contribution < -0.4 is 5.32 Å². The Hall–Kier alpha value is -0.553. The third-order valence-electron chi connectivity index (χ3n) is 5.51. The number of rotatable bonds is 5. The van der Waals surface area contributed by atoms with E-state index in [1.807, 2.05) is 20.8 Å². The fourth-order valence-corrected chi connectivity index (χ4v) is 4.57. The molecule has 0 bridgehead atoms. The predicted octanol–water partition coefficient (Wildman–Crippen LogP) is 5.87. The summed E-state index contributed by atoms with van der Waals surface area (Å²) >= 11 is 0. The zero-order chi connectivity index (χ0) is 19.5. The van der Waals surface area contributed by atoms with Crippen molar-refractivity contribution in [3.63, 3.8) is 0 Å². The Morgan fingerprint density at radius 3 is 2.04 bits per heavy atom. The molecule has 4 nitrogen and oxygen atoms in total. The maximum absolute atomic E-state index is 11.9. The fraction of sp³-hybridized carbons (Fsp3) is 0.950. The van der Waals surface area contributed by atoms with Gasteiger partial charge in [0.15, 0.2) is 8.32 Å². The van der Waals surface area contributed by atoms with Crippen molar-refractivity contribution in [2.75, 3.05) is 0 Å². The first-order valence-electron chi connectivity index (χ1n) is 9.87. The van der Waals surface area contributed by atoms with Crippen LogP contribution in [0.4, 0.5) is 4.79 Å². The second kappa shape index (κ2) is 8.42. The highest BCUT2D eigenvalue weighted by Crippen LogP contribution is 2.40. The maximum Gasteiger partial charge on any atom is 0.407 e. The molecule has 25 heavy (non-hydrogen) atoms. The Bertz CT molecular complexity index is 429. The van der Waals surface area contributed by atoms with Crippen molar-refractivity contribution >= 4 is 14.4 Å². The molecule has 0 aromatic heterocycles. The maximum atomic E-state index is 11.9. The molecule has 1 fully saturated rings. The van der Waals surface area contributed by atoms with E-state index in [9.17, 15) is 4.79 Å². The van der Waals surface area contributed by atoms with Gasteiger partial charge in [-0.1, -0.05) is 20.8 Å². The predicted molar refractivity (Wildman–Crippen MR) is 107 cm³/mol. The van der Waals surface area contributed by atoms with Crippen LogP contribution in [0.5, 0.6) is 0 Å². The average Bonchev–Trinajstić information content (AvgIpc) is 2.36. The lowest BCUT2D eigenvalue weighted by molar-refractivity contribution is 0.0494. The highest BCUT2D eigenvalue weighted by Gasteiger charge is 2.39. The van der Waals surface area contributed by atoms with Gasteiger partial charge < -0.3 is 14.5 Å². The minimum Gasteiger partial charge on any atom is -0.444 e. The van der Waals surface area contributed by atoms with Crippen LogP contribution in [0.25, 0.3) is 0 Å². The van der Waals surface area contributed by atoms with Crippen LogP contribution in [0.1, 0.15) is 80.6 Å². The quantitative estimate of drug-likeness (QED) is 0.615. The van der Waals surface area contributed by atoms with Gasteiger partial charge in [-0.2, -0.15) is 0 Å². The lowest BCUT2D eigenvalue weighted by Crippen LogP contribution is -2.45. The van der Waals surface area contributed by atoms with E-state index in [1.54, 1.807) is 0 Å². The summed E-state index contributed by atoms with van der Waals surface area (Å²) in [4.78, 5) is 11.9. The Morgan fingerprint density at radius 2 is 1.60 bits per heavy atom. The molecule has 0 unspecified atom stereocenters. The second-order valence-electron chi connectivity index (χ2n) is 10.3. The molecule has 0 aliphatic heterocycles. The first-order chi connectivity index (χ1) is 11.2. The molecule has 1 amide bonds. The first kappa shape index (κ1) is 22.5. The van der Waals surface area contributed by atoms with E-state index in [-0.39, 0.29) is 17.2 Å². The monoisotopic (exact) mass is 371 g/mol. The average molecular weight is 372 g/mol. The Morgan fingerprint density at radius 1 is 1.08 bits per heavy atom. The zero-order valence-corrected chi connectivity index (χ0v) is 19.0. The minimum absolute atomic E-state index is 0.151. The van der Waals surface area contributed by atoms with Crippen molar-refractivity contribution < 1.29 is 14.0 Å². The summed E-state index contributed by atoms with van der Waals surface area (Å²) in [6, 6.07) is 0.151. The van der Waals surface area contributed by atoms with Gasteiger partial charge in [0.2, 0.25) is 0 Å². The molecular formula is C20H41NO3Si. The normalized spacial score (nSPS) is 23.9. The van der Waals surface area contributed by atoms with Crippen LogP contribution in [0.2, 0.25) is 18.1 Å². The molecule has 1 rings (SSSR count). The summed E-state index contributed by atoms with van der Waals surface area (Å²) in [6.45, 7) is 19.3. The third kappa shape index (κ3) is 8.12. The molecule has 1 aliphatic carbocycles. The van der Waals surface area contributed by atoms with E-state index in [4.69, 9.17) is 9.16 Å². The molecule has 148 valence electrons. The number of alkyl carbamates (subject to hydrolysis) is 1. The van der Waals surface area contributed by atoms with Crippen molar-refractivity contribution in [2.24, 2.45) is 5.92 Å². The number of carbonyl (C=O) groups excluding carboxylic acids is 1. The lowest BCUT2D eigenvalue weighted by atomic mass is 9.84. The van der Waals surface area contributed by atoms with E-state index in [1.165, 1.54) is 12.8 Å². The first-order valence-corrected chi connectivity index (χ1v) is 12.8. The molecule has 0 radical (unpaired) electrons. The van der Waals surface area contributed by atoms with Crippen LogP contribution >= 0.6 is 0 Å². The van der Waals surface area contributed by atoms with Gasteiger partial charge in [0, 0.05) is 12.1 Å². The van der Waals surface area contributed by atoms with E-state index < -0.39 is 13.9 Å². The largest absolute Gasteiger partial charge is 0.444 e. The van der Waals surface area contributed by atoms with E-state index in [2.05, 4.69) is 46.1 Å². The van der Waals surface area contributed by atoms with E-state index >= 15 is 0 Å². The summed E-state index contributed by atoms with van der Waals surface area (Å²) in [6.07, 6.45) is 5.82. The molecule has 0 aromatic rings. The van der Waals surface area contributed by atoms with Crippen LogP contribution in [0.3, 0.4) is 0 Å². The lowest BCUT2D eigenvalue weighted by Gasteiger charge is -2.41. The molecule has 1 atom stereocenters. The molecule has 1 saturated carbocycles. The molecule has 1 N–H and O–H groups in total. The molecule has 0 spiro atoms. The van der Waals surface area contributed by atoms with Crippen molar-refractivity contribution in [3.8, 4) is 0 Å². The fourth-order valence-electron chi connectivity index (χ4n) is 3.15. The Kier molecular flexibility index (Phi) is 7.58. The molecular weight excluding hydrogens is 330 g/mol. The highest BCUT2D eigenvalue weighted by atomic mass is 28.4. The zero-order valence-electron chi connectivity index (χ0n) is 18.0. The van der Waals surface area contributed by atoms with Gasteiger partial charge in [-0.05, 0) is 83.8 Å². The Balaban J connectivity index is 2.36. The van der Waals surface area contributed by atoms with Gasteiger partial charge in [0.25, 0.3) is 0 Å². The number of ether oxygens (including phenoxy) is 1. The number of hydrogen-bond acceptors (Lipinski definition) is 3. The molecule has 0 saturated heterocycles. The number of amides is 1. The van der Waals surface area contributed by atoms with Gasteiger partial charge in [0.05, 0.1) is 0 Å². The second-order valence-corrected chi connectivity index (χ2v) is 15.1. The third-order valence-corrected chi connectivity index (χ3v) is 10.0. The van der Waals surface area contributed by atoms with Gasteiger partial charge in [0.1, 0.15) is 5.60 Å². The highest BCUT2D eigenvalue weighted by molar-refractivity contribution is 6.74. The van der Waals surface area contributed by atoms with Crippen LogP contribution in [0.15, 0.2) is 0 Å². The summed E-state index contributed by atoms with van der Waals surface area (Å²) in [5, 5.41) is 3.24. The summed E-state index contributed by atoms with van der Waals surface area (Å²) in [5.41, 5.74) is -0.442. The molecule has 5 heteroatoms. The number of nitrogens with one attached hydrogen (secondary N) is 1.